The summed E-state index contributed by atoms with van der Waals surface area (Å²) in [5.74, 6) is 2.30. The highest BCUT2D eigenvalue weighted by molar-refractivity contribution is 5.77. The minimum absolute atomic E-state index is 0.0890. The number of hydrogen-bond acceptors (Lipinski definition) is 13. The van der Waals surface area contributed by atoms with Gasteiger partial charge in [-0.2, -0.15) is 0 Å². The highest BCUT2D eigenvalue weighted by Gasteiger charge is 2.57. The van der Waals surface area contributed by atoms with Gasteiger partial charge in [0, 0.05) is 6.42 Å². The zero-order valence-corrected chi connectivity index (χ0v) is 26.0. The van der Waals surface area contributed by atoms with Crippen LogP contribution < -0.4 is 5.32 Å². The second-order valence-corrected chi connectivity index (χ2v) is 14.1. The molecule has 0 aromatic carbocycles. The van der Waals surface area contributed by atoms with E-state index in [1.807, 2.05) is 0 Å². The van der Waals surface area contributed by atoms with E-state index in [2.05, 4.69) is 12.2 Å². The summed E-state index contributed by atoms with van der Waals surface area (Å²) < 4.78 is 22.4. The Hall–Kier alpha value is -1.01. The van der Waals surface area contributed by atoms with Gasteiger partial charge in [-0.05, 0) is 67.6 Å². The van der Waals surface area contributed by atoms with E-state index in [0.29, 0.717) is 18.3 Å². The fourth-order valence-electron chi connectivity index (χ4n) is 8.96. The van der Waals surface area contributed by atoms with Gasteiger partial charge in [0.2, 0.25) is 5.91 Å². The number of hydrogen-bond donors (Lipinski definition) is 9. The minimum Gasteiger partial charge on any atom is -0.394 e. The fourth-order valence-corrected chi connectivity index (χ4v) is 8.96. The van der Waals surface area contributed by atoms with Gasteiger partial charge in [-0.1, -0.05) is 19.8 Å². The number of rotatable bonds is 14. The maximum absolute atomic E-state index is 13.8. The number of carbonyl (C=O) groups excluding carboxylic acids is 1. The van der Waals surface area contributed by atoms with Crippen LogP contribution in [-0.2, 0) is 23.7 Å². The second-order valence-electron chi connectivity index (χ2n) is 14.1. The Morgan fingerprint density at radius 1 is 0.756 bits per heavy atom. The summed E-state index contributed by atoms with van der Waals surface area (Å²) in [6, 6.07) is -0.878. The zero-order valence-electron chi connectivity index (χ0n) is 26.0. The quantitative estimate of drug-likeness (QED) is 0.101. The van der Waals surface area contributed by atoms with Gasteiger partial charge in [0.05, 0.1) is 32.5 Å². The topological polar surface area (TPSA) is 228 Å². The molecule has 2 saturated heterocycles. The van der Waals surface area contributed by atoms with Crippen LogP contribution in [0.15, 0.2) is 0 Å². The van der Waals surface area contributed by atoms with Crippen LogP contribution in [0.2, 0.25) is 0 Å². The van der Waals surface area contributed by atoms with E-state index in [1.165, 1.54) is 6.42 Å². The van der Waals surface area contributed by atoms with E-state index < -0.39 is 80.7 Å². The van der Waals surface area contributed by atoms with Crippen LogP contribution in [-0.4, -0.2) is 141 Å². The van der Waals surface area contributed by atoms with Gasteiger partial charge in [0.1, 0.15) is 48.8 Å². The third-order valence-corrected chi connectivity index (χ3v) is 11.2. The average molecular weight is 648 g/mol. The third kappa shape index (κ3) is 7.37. The van der Waals surface area contributed by atoms with Crippen molar-refractivity contribution in [3.05, 3.63) is 0 Å². The monoisotopic (exact) mass is 647 g/mol. The molecule has 4 bridgehead atoms. The smallest absolute Gasteiger partial charge is 0.220 e. The minimum atomic E-state index is -1.64. The van der Waals surface area contributed by atoms with Gasteiger partial charge in [-0.3, -0.25) is 4.79 Å². The Morgan fingerprint density at radius 3 is 1.64 bits per heavy atom. The molecule has 4 aliphatic carbocycles. The van der Waals surface area contributed by atoms with Crippen LogP contribution in [0.25, 0.3) is 0 Å². The summed E-state index contributed by atoms with van der Waals surface area (Å²) >= 11 is 0. The lowest BCUT2D eigenvalue weighted by molar-refractivity contribution is -0.309. The third-order valence-electron chi connectivity index (χ3n) is 11.2. The van der Waals surface area contributed by atoms with Gasteiger partial charge in [0.15, 0.2) is 12.6 Å². The van der Waals surface area contributed by atoms with E-state index in [-0.39, 0.29) is 24.5 Å². The van der Waals surface area contributed by atoms with E-state index >= 15 is 0 Å². The van der Waals surface area contributed by atoms with Gasteiger partial charge < -0.3 is 65.1 Å². The number of amides is 1. The largest absolute Gasteiger partial charge is 0.394 e. The molecule has 0 radical (unpaired) electrons. The maximum Gasteiger partial charge on any atom is 0.220 e. The van der Waals surface area contributed by atoms with E-state index in [0.717, 1.165) is 56.8 Å². The number of aliphatic hydroxyl groups is 8. The summed E-state index contributed by atoms with van der Waals surface area (Å²) in [5.41, 5.74) is -0.0890. The molecule has 6 rings (SSSR count). The first kappa shape index (κ1) is 35.3. The summed E-state index contributed by atoms with van der Waals surface area (Å²) in [6.45, 7) is 0.326. The summed E-state index contributed by atoms with van der Waals surface area (Å²) in [7, 11) is 0. The highest BCUT2D eigenvalue weighted by atomic mass is 16.7. The molecular weight excluding hydrogens is 594 g/mol. The molecule has 45 heavy (non-hydrogen) atoms. The molecule has 10 atom stereocenters. The van der Waals surface area contributed by atoms with Crippen molar-refractivity contribution < 1.29 is 64.6 Å². The first-order valence-corrected chi connectivity index (χ1v) is 16.6. The second kappa shape index (κ2) is 15.0. The molecule has 4 unspecified atom stereocenters. The van der Waals surface area contributed by atoms with E-state index in [1.54, 1.807) is 0 Å². The zero-order chi connectivity index (χ0) is 32.5. The van der Waals surface area contributed by atoms with Crippen molar-refractivity contribution in [2.24, 2.45) is 29.1 Å². The predicted octanol–water partition coefficient (Wildman–Crippen LogP) is -1.87. The van der Waals surface area contributed by atoms with Crippen LogP contribution in [0.5, 0.6) is 0 Å². The molecule has 4 saturated carbocycles. The molecule has 2 aliphatic heterocycles. The lowest BCUT2D eigenvalue weighted by atomic mass is 9.43. The van der Waals surface area contributed by atoms with Gasteiger partial charge >= 0.3 is 0 Å². The van der Waals surface area contributed by atoms with Crippen molar-refractivity contribution in [2.45, 2.75) is 132 Å². The Labute approximate surface area is 263 Å². The molecular formula is C31H53NO13. The van der Waals surface area contributed by atoms with E-state index in [9.17, 15) is 45.6 Å². The molecule has 0 aromatic rings. The SMILES string of the molecule is CCCCC1(CC(=O)NC(CO[C@H]2OC(CO)[C@H](O)[C@@H](O)C2O)CO[C@H]2OC(CO)[C@H](O)[C@@H](O)C2O)C2CC3CC(C2)CC1C3. The van der Waals surface area contributed by atoms with Crippen molar-refractivity contribution in [1.82, 2.24) is 5.32 Å². The highest BCUT2D eigenvalue weighted by Crippen LogP contribution is 2.65. The van der Waals surface area contributed by atoms with Crippen molar-refractivity contribution >= 4 is 5.91 Å². The molecule has 260 valence electrons. The first-order chi connectivity index (χ1) is 21.5. The molecule has 1 amide bonds. The molecule has 14 nitrogen and oxygen atoms in total. The summed E-state index contributed by atoms with van der Waals surface area (Å²) in [5, 5.41) is 83.6. The maximum atomic E-state index is 13.8. The van der Waals surface area contributed by atoms with Crippen molar-refractivity contribution in [1.29, 1.82) is 0 Å². The van der Waals surface area contributed by atoms with E-state index in [4.69, 9.17) is 18.9 Å². The molecule has 2 heterocycles. The Balaban J connectivity index is 1.28. The number of carbonyl (C=O) groups is 1. The standard InChI is InChI=1S/C31H53NO13/c1-2-3-4-31(17-6-15-5-16(8-17)9-18(31)7-15)10-22(35)32-19(13-42-29-27(40)25(38)23(36)20(11-33)44-29)14-43-30-28(41)26(39)24(37)21(12-34)45-30/h15-21,23-30,33-34,36-41H,2-14H2,1H3,(H,32,35)/t15?,16?,17?,18?,19?,20?,21?,23-,24-,25+,26+,27?,28?,29-,30-,31?/m0/s1. The van der Waals surface area contributed by atoms with Gasteiger partial charge in [-0.15, -0.1) is 0 Å². The Bertz CT molecular complexity index is 900. The number of aliphatic hydroxyl groups excluding tert-OH is 8. The molecule has 0 spiro atoms. The number of ether oxygens (including phenoxy) is 4. The molecule has 0 aromatic heterocycles. The number of unbranched alkanes of at least 4 members (excludes halogenated alkanes) is 1. The van der Waals surface area contributed by atoms with Crippen LogP contribution >= 0.6 is 0 Å². The Morgan fingerprint density at radius 2 is 1.22 bits per heavy atom. The first-order valence-electron chi connectivity index (χ1n) is 16.6. The van der Waals surface area contributed by atoms with Crippen LogP contribution in [0.1, 0.15) is 64.7 Å². The molecule has 9 N–H and O–H groups in total. The Kier molecular flexibility index (Phi) is 11.8. The molecule has 14 heteroatoms. The van der Waals surface area contributed by atoms with Gasteiger partial charge in [-0.25, -0.2) is 0 Å². The molecule has 6 aliphatic rings. The average Bonchev–Trinajstić information content (AvgIpc) is 3.02. The van der Waals surface area contributed by atoms with Crippen molar-refractivity contribution in [3.63, 3.8) is 0 Å². The fraction of sp³-hybridized carbons (Fsp3) is 0.968. The number of nitrogens with one attached hydrogen (secondary N) is 1. The van der Waals surface area contributed by atoms with Gasteiger partial charge in [0.25, 0.3) is 0 Å². The van der Waals surface area contributed by atoms with Crippen LogP contribution in [0.3, 0.4) is 0 Å². The lowest BCUT2D eigenvalue weighted by Gasteiger charge is -2.61. The normalized spacial score (nSPS) is 46.7. The van der Waals surface area contributed by atoms with Crippen molar-refractivity contribution in [3.8, 4) is 0 Å². The van der Waals surface area contributed by atoms with Crippen molar-refractivity contribution in [2.75, 3.05) is 26.4 Å². The molecule has 6 fully saturated rings. The predicted molar refractivity (Wildman–Crippen MR) is 155 cm³/mol. The van der Waals surface area contributed by atoms with Crippen LogP contribution in [0, 0.1) is 29.1 Å². The summed E-state index contributed by atoms with van der Waals surface area (Å²) in [4.78, 5) is 13.8. The summed E-state index contributed by atoms with van der Waals surface area (Å²) in [6.07, 6.45) is -5.57. The lowest BCUT2D eigenvalue weighted by Crippen LogP contribution is -2.60. The van der Waals surface area contributed by atoms with Crippen LogP contribution in [0.4, 0.5) is 0 Å².